The van der Waals surface area contributed by atoms with E-state index in [1.165, 1.54) is 11.1 Å². The van der Waals surface area contributed by atoms with Crippen LogP contribution in [0.15, 0.2) is 48.5 Å². The van der Waals surface area contributed by atoms with Crippen LogP contribution in [0.5, 0.6) is 11.5 Å². The number of rotatable bonds is 7. The molecule has 1 saturated heterocycles. The van der Waals surface area contributed by atoms with Crippen molar-refractivity contribution >= 4 is 0 Å². The normalized spacial score (nSPS) is 17.9. The fourth-order valence-corrected chi connectivity index (χ4v) is 4.58. The van der Waals surface area contributed by atoms with Crippen molar-refractivity contribution in [1.82, 2.24) is 30.0 Å². The van der Waals surface area contributed by atoms with E-state index in [0.717, 1.165) is 56.5 Å². The second-order valence-electron chi connectivity index (χ2n) is 9.43. The summed E-state index contributed by atoms with van der Waals surface area (Å²) in [6.07, 6.45) is 0.954. The van der Waals surface area contributed by atoms with E-state index in [0.29, 0.717) is 6.79 Å². The van der Waals surface area contributed by atoms with Crippen LogP contribution in [0, 0.1) is 0 Å². The Morgan fingerprint density at radius 1 is 0.970 bits per heavy atom. The lowest BCUT2D eigenvalue weighted by atomic mass is 9.99. The average molecular weight is 449 g/mol. The van der Waals surface area contributed by atoms with Gasteiger partial charge in [-0.2, -0.15) is 0 Å². The van der Waals surface area contributed by atoms with Crippen LogP contribution in [0.25, 0.3) is 0 Å². The number of hydrogen-bond donors (Lipinski definition) is 0. The molecule has 0 radical (unpaired) electrons. The maximum Gasteiger partial charge on any atom is 0.231 e. The highest BCUT2D eigenvalue weighted by Crippen LogP contribution is 2.34. The van der Waals surface area contributed by atoms with Gasteiger partial charge in [0, 0.05) is 32.7 Å². The van der Waals surface area contributed by atoms with Gasteiger partial charge in [0.05, 0.1) is 11.6 Å². The highest BCUT2D eigenvalue weighted by molar-refractivity contribution is 5.44. The molecule has 1 atom stereocenters. The van der Waals surface area contributed by atoms with Crippen LogP contribution in [0.4, 0.5) is 0 Å². The largest absolute Gasteiger partial charge is 0.454 e. The predicted molar refractivity (Wildman–Crippen MR) is 125 cm³/mol. The fourth-order valence-electron chi connectivity index (χ4n) is 4.58. The first-order valence-corrected chi connectivity index (χ1v) is 11.7. The van der Waals surface area contributed by atoms with E-state index in [2.05, 4.69) is 88.6 Å². The molecular formula is C25H32N6O2. The molecule has 5 rings (SSSR count). The van der Waals surface area contributed by atoms with E-state index in [1.54, 1.807) is 0 Å². The lowest BCUT2D eigenvalue weighted by Crippen LogP contribution is -2.48. The second kappa shape index (κ2) is 9.11. The molecule has 2 aliphatic heterocycles. The number of benzene rings is 2. The van der Waals surface area contributed by atoms with Crippen molar-refractivity contribution in [2.75, 3.05) is 33.0 Å². The Labute approximate surface area is 195 Å². The minimum atomic E-state index is -0.146. The SMILES string of the molecule is CCC(C)(C)n1nnnc1C(c1ccccc1)N1CCN(Cc2ccc3c(c2)OCO3)CC1. The van der Waals surface area contributed by atoms with Crippen LogP contribution in [-0.4, -0.2) is 63.0 Å². The molecule has 3 aromatic rings. The molecular weight excluding hydrogens is 416 g/mol. The van der Waals surface area contributed by atoms with Gasteiger partial charge in [-0.25, -0.2) is 4.68 Å². The van der Waals surface area contributed by atoms with Crippen molar-refractivity contribution in [3.63, 3.8) is 0 Å². The van der Waals surface area contributed by atoms with Gasteiger partial charge in [-0.3, -0.25) is 9.80 Å². The zero-order chi connectivity index (χ0) is 22.8. The van der Waals surface area contributed by atoms with Crippen LogP contribution in [0.1, 0.15) is 50.2 Å². The zero-order valence-electron chi connectivity index (χ0n) is 19.6. The van der Waals surface area contributed by atoms with Gasteiger partial charge in [-0.15, -0.1) is 5.10 Å². The average Bonchev–Trinajstić information content (AvgIpc) is 3.51. The third-order valence-electron chi connectivity index (χ3n) is 6.91. The Bertz CT molecular complexity index is 1080. The molecule has 1 aromatic heterocycles. The van der Waals surface area contributed by atoms with Crippen molar-refractivity contribution in [3.05, 3.63) is 65.5 Å². The molecule has 33 heavy (non-hydrogen) atoms. The van der Waals surface area contributed by atoms with Gasteiger partial charge >= 0.3 is 0 Å². The molecule has 0 saturated carbocycles. The Morgan fingerprint density at radius 2 is 1.73 bits per heavy atom. The van der Waals surface area contributed by atoms with Crippen LogP contribution in [-0.2, 0) is 12.1 Å². The summed E-state index contributed by atoms with van der Waals surface area (Å²) in [6.45, 7) is 11.6. The van der Waals surface area contributed by atoms with Crippen molar-refractivity contribution in [2.45, 2.75) is 45.3 Å². The van der Waals surface area contributed by atoms with Crippen LogP contribution in [0.3, 0.4) is 0 Å². The van der Waals surface area contributed by atoms with E-state index in [9.17, 15) is 0 Å². The topological polar surface area (TPSA) is 68.5 Å². The number of aromatic nitrogens is 4. The summed E-state index contributed by atoms with van der Waals surface area (Å²) in [4.78, 5) is 5.01. The minimum Gasteiger partial charge on any atom is -0.454 e. The Balaban J connectivity index is 1.34. The van der Waals surface area contributed by atoms with Gasteiger partial charge in [-0.1, -0.05) is 43.3 Å². The van der Waals surface area contributed by atoms with Crippen molar-refractivity contribution in [3.8, 4) is 11.5 Å². The predicted octanol–water partition coefficient (Wildman–Crippen LogP) is 3.45. The molecule has 2 aromatic carbocycles. The standard InChI is InChI=1S/C25H32N6O2/c1-4-25(2,3)31-24(26-27-28-31)23(20-8-6-5-7-9-20)30-14-12-29(13-15-30)17-19-10-11-21-22(16-19)33-18-32-21/h5-11,16,23H,4,12-15,17-18H2,1-3H3. The maximum absolute atomic E-state index is 5.54. The van der Waals surface area contributed by atoms with E-state index < -0.39 is 0 Å². The summed E-state index contributed by atoms with van der Waals surface area (Å²) in [5.74, 6) is 2.60. The fraction of sp³-hybridized carbons (Fsp3) is 0.480. The maximum atomic E-state index is 5.54. The third kappa shape index (κ3) is 4.45. The molecule has 0 aliphatic carbocycles. The van der Waals surface area contributed by atoms with Crippen LogP contribution >= 0.6 is 0 Å². The molecule has 2 aliphatic rings. The van der Waals surface area contributed by atoms with Gasteiger partial charge in [-0.05, 0) is 54.0 Å². The lowest BCUT2D eigenvalue weighted by molar-refractivity contribution is 0.0972. The summed E-state index contributed by atoms with van der Waals surface area (Å²) in [5.41, 5.74) is 2.33. The number of piperazine rings is 1. The smallest absolute Gasteiger partial charge is 0.231 e. The molecule has 0 spiro atoms. The molecule has 1 fully saturated rings. The zero-order valence-corrected chi connectivity index (χ0v) is 19.6. The quantitative estimate of drug-likeness (QED) is 0.548. The molecule has 8 nitrogen and oxygen atoms in total. The van der Waals surface area contributed by atoms with E-state index >= 15 is 0 Å². The number of hydrogen-bond acceptors (Lipinski definition) is 7. The van der Waals surface area contributed by atoms with Crippen LogP contribution < -0.4 is 9.47 Å². The molecule has 0 bridgehead atoms. The van der Waals surface area contributed by atoms with Gasteiger partial charge in [0.2, 0.25) is 6.79 Å². The number of fused-ring (bicyclic) bond motifs is 1. The van der Waals surface area contributed by atoms with Gasteiger partial charge < -0.3 is 9.47 Å². The first-order chi connectivity index (χ1) is 16.0. The van der Waals surface area contributed by atoms with Crippen molar-refractivity contribution < 1.29 is 9.47 Å². The summed E-state index contributed by atoms with van der Waals surface area (Å²) in [5, 5.41) is 13.0. The number of nitrogens with zero attached hydrogens (tertiary/aromatic N) is 6. The van der Waals surface area contributed by atoms with Gasteiger partial charge in [0.25, 0.3) is 0 Å². The number of tetrazole rings is 1. The lowest BCUT2D eigenvalue weighted by Gasteiger charge is -2.39. The van der Waals surface area contributed by atoms with Gasteiger partial charge in [0.15, 0.2) is 17.3 Å². The summed E-state index contributed by atoms with van der Waals surface area (Å²) < 4.78 is 13.0. The van der Waals surface area contributed by atoms with Crippen LogP contribution in [0.2, 0.25) is 0 Å². The van der Waals surface area contributed by atoms with Gasteiger partial charge in [0.1, 0.15) is 0 Å². The summed E-state index contributed by atoms with van der Waals surface area (Å²) >= 11 is 0. The first-order valence-electron chi connectivity index (χ1n) is 11.7. The molecule has 0 N–H and O–H groups in total. The molecule has 1 unspecified atom stereocenters. The second-order valence-corrected chi connectivity index (χ2v) is 9.43. The Kier molecular flexibility index (Phi) is 6.03. The highest BCUT2D eigenvalue weighted by atomic mass is 16.7. The van der Waals surface area contributed by atoms with Crippen molar-refractivity contribution in [2.24, 2.45) is 0 Å². The molecule has 0 amide bonds. The monoisotopic (exact) mass is 448 g/mol. The third-order valence-corrected chi connectivity index (χ3v) is 6.91. The summed E-state index contributed by atoms with van der Waals surface area (Å²) in [7, 11) is 0. The first kappa shape index (κ1) is 21.9. The van der Waals surface area contributed by atoms with E-state index in [4.69, 9.17) is 9.47 Å². The Morgan fingerprint density at radius 3 is 2.48 bits per heavy atom. The molecule has 3 heterocycles. The molecule has 174 valence electrons. The molecule has 8 heteroatoms. The minimum absolute atomic E-state index is 0.0275. The summed E-state index contributed by atoms with van der Waals surface area (Å²) in [6, 6.07) is 16.9. The Hall–Kier alpha value is -2.97. The highest BCUT2D eigenvalue weighted by Gasteiger charge is 2.34. The van der Waals surface area contributed by atoms with E-state index in [-0.39, 0.29) is 11.6 Å². The van der Waals surface area contributed by atoms with E-state index in [1.807, 2.05) is 10.7 Å². The van der Waals surface area contributed by atoms with Crippen molar-refractivity contribution in [1.29, 1.82) is 0 Å². The number of ether oxygens (including phenoxy) is 2.